The first-order chi connectivity index (χ1) is 24.5. The molecule has 51 heavy (non-hydrogen) atoms. The average molecular weight is 822 g/mol. The number of rotatable bonds is 21. The fourth-order valence-electron chi connectivity index (χ4n) is 5.43. The second-order valence-electron chi connectivity index (χ2n) is 11.6. The molecule has 0 fully saturated rings. The molecule has 276 valence electrons. The van der Waals surface area contributed by atoms with Crippen molar-refractivity contribution in [3.05, 3.63) is 91.0 Å². The Morgan fingerprint density at radius 1 is 0.765 bits per heavy atom. The number of esters is 2. The van der Waals surface area contributed by atoms with E-state index in [4.69, 9.17) is 5.73 Å². The minimum atomic E-state index is -3.03. The molecule has 3 aromatic carbocycles. The number of hydrogen-bond donors (Lipinski definition) is 4. The molecule has 11 nitrogen and oxygen atoms in total. The summed E-state index contributed by atoms with van der Waals surface area (Å²) in [6, 6.07) is 29.8. The van der Waals surface area contributed by atoms with E-state index in [1.54, 1.807) is 0 Å². The number of benzene rings is 3. The molecule has 3 aromatic rings. The fourth-order valence-corrected chi connectivity index (χ4v) is 15.2. The number of carbonyl (C=O) groups excluding carboxylic acids is 5. The van der Waals surface area contributed by atoms with Gasteiger partial charge in [0.15, 0.2) is 0 Å². The second-order valence-corrected chi connectivity index (χ2v) is 23.2. The van der Waals surface area contributed by atoms with Crippen molar-refractivity contribution >= 4 is 88.0 Å². The Morgan fingerprint density at radius 2 is 1.31 bits per heavy atom. The molecule has 0 aliphatic heterocycles. The molecular weight excluding hydrogens is 775 g/mol. The van der Waals surface area contributed by atoms with E-state index in [0.29, 0.717) is 6.54 Å². The number of ether oxygens (including phenoxy) is 2. The third-order valence-electron chi connectivity index (χ3n) is 8.19. The van der Waals surface area contributed by atoms with Crippen LogP contribution in [0.2, 0.25) is 0 Å². The van der Waals surface area contributed by atoms with E-state index < -0.39 is 41.1 Å². The Kier molecular flexibility index (Phi) is 17.4. The number of methoxy groups -OCH3 is 2. The van der Waals surface area contributed by atoms with Crippen molar-refractivity contribution in [2.75, 3.05) is 45.0 Å². The van der Waals surface area contributed by atoms with Crippen molar-refractivity contribution in [2.45, 2.75) is 37.8 Å². The molecule has 0 aliphatic carbocycles. The standard InChI is InChI=1S/C36H46BrN4O7PS2/c1-47-34(44)24-40-35(45)31(41-32(42)21-20-30(38)36(46)48-2)25-50-51-26-33(43)39-22-12-13-23-49(37,27-14-6-3-7-15-27,28-16-8-4-9-17-28)29-18-10-5-11-19-29/h3-11,14-19,30-31H,12-13,20-26,38H2,1-2H3,(H,39,43)(H,40,45)(H,41,42). The molecule has 5 N–H and O–H groups in total. The summed E-state index contributed by atoms with van der Waals surface area (Å²) >= 11 is 4.46. The van der Waals surface area contributed by atoms with Crippen LogP contribution < -0.4 is 37.6 Å². The zero-order chi connectivity index (χ0) is 37.1. The van der Waals surface area contributed by atoms with Gasteiger partial charge in [-0.2, -0.15) is 0 Å². The van der Waals surface area contributed by atoms with Gasteiger partial charge in [0.1, 0.15) is 12.6 Å². The minimum Gasteiger partial charge on any atom is -0.468 e. The van der Waals surface area contributed by atoms with Gasteiger partial charge in [-0.15, -0.1) is 0 Å². The van der Waals surface area contributed by atoms with Crippen molar-refractivity contribution in [3.8, 4) is 0 Å². The first kappa shape index (κ1) is 42.0. The molecule has 0 saturated carbocycles. The molecule has 0 heterocycles. The summed E-state index contributed by atoms with van der Waals surface area (Å²) < 4.78 is 9.14. The van der Waals surface area contributed by atoms with E-state index in [1.165, 1.54) is 51.7 Å². The van der Waals surface area contributed by atoms with Crippen molar-refractivity contribution < 1.29 is 33.4 Å². The summed E-state index contributed by atoms with van der Waals surface area (Å²) in [5, 5.41) is 8.76. The summed E-state index contributed by atoms with van der Waals surface area (Å²) in [5.74, 6) is -2.26. The van der Waals surface area contributed by atoms with E-state index in [-0.39, 0.29) is 36.8 Å². The van der Waals surface area contributed by atoms with Crippen molar-refractivity contribution in [3.63, 3.8) is 0 Å². The summed E-state index contributed by atoms with van der Waals surface area (Å²) in [6.45, 7) is 0.139. The van der Waals surface area contributed by atoms with Gasteiger partial charge in [0, 0.05) is 6.42 Å². The van der Waals surface area contributed by atoms with Crippen molar-refractivity contribution in [1.29, 1.82) is 0 Å². The van der Waals surface area contributed by atoms with E-state index in [9.17, 15) is 24.0 Å². The van der Waals surface area contributed by atoms with Crippen LogP contribution in [0.4, 0.5) is 0 Å². The maximum absolute atomic E-state index is 12.8. The zero-order valence-electron chi connectivity index (χ0n) is 28.8. The van der Waals surface area contributed by atoms with Crippen LogP contribution in [0.15, 0.2) is 91.0 Å². The fraction of sp³-hybridized carbons (Fsp3) is 0.361. The molecule has 15 heteroatoms. The Labute approximate surface area is 315 Å². The van der Waals surface area contributed by atoms with Gasteiger partial charge in [-0.25, -0.2) is 0 Å². The predicted molar refractivity (Wildman–Crippen MR) is 212 cm³/mol. The summed E-state index contributed by atoms with van der Waals surface area (Å²) in [5.41, 5.74) is 5.71. The van der Waals surface area contributed by atoms with Gasteiger partial charge in [-0.05, 0) is 6.42 Å². The van der Waals surface area contributed by atoms with Gasteiger partial charge >= 0.3 is 232 Å². The van der Waals surface area contributed by atoms with E-state index >= 15 is 0 Å². The number of carbonyl (C=O) groups is 5. The van der Waals surface area contributed by atoms with Gasteiger partial charge in [0.05, 0.1) is 14.2 Å². The predicted octanol–water partition coefficient (Wildman–Crippen LogP) is 3.16. The third kappa shape index (κ3) is 12.1. The summed E-state index contributed by atoms with van der Waals surface area (Å²) in [7, 11) is 4.88. The molecule has 0 spiro atoms. The second kappa shape index (κ2) is 21.2. The smallest absolute Gasteiger partial charge is 0.468 e. The average Bonchev–Trinajstić information content (AvgIpc) is 3.17. The van der Waals surface area contributed by atoms with Crippen LogP contribution in [0.3, 0.4) is 0 Å². The first-order valence-electron chi connectivity index (χ1n) is 16.4. The number of amides is 3. The normalized spacial score (nSPS) is 13.1. The monoisotopic (exact) mass is 820 g/mol. The third-order valence-corrected chi connectivity index (χ3v) is 20.5. The molecule has 0 aromatic heterocycles. The SMILES string of the molecule is COC(=O)CNC(=O)C(CSSCC(=O)NCCCCP(Br)(c1ccccc1)(c1ccccc1)c1ccccc1)NC(=O)CCC(N)C(=O)OC. The van der Waals surface area contributed by atoms with Gasteiger partial charge in [-0.3, -0.25) is 19.2 Å². The molecule has 0 radical (unpaired) electrons. The Bertz CT molecular complexity index is 1490. The molecule has 3 amide bonds. The van der Waals surface area contributed by atoms with Gasteiger partial charge in [-0.1, -0.05) is 0 Å². The number of unbranched alkanes of at least 4 members (excludes halogenated alkanes) is 1. The molecule has 2 unspecified atom stereocenters. The molecule has 0 saturated heterocycles. The Morgan fingerprint density at radius 3 is 1.82 bits per heavy atom. The Balaban J connectivity index is 1.54. The summed E-state index contributed by atoms with van der Waals surface area (Å²) in [4.78, 5) is 61.1. The topological polar surface area (TPSA) is 166 Å². The van der Waals surface area contributed by atoms with Gasteiger partial charge < -0.3 is 20.5 Å². The number of nitrogens with one attached hydrogen (secondary N) is 3. The molecule has 3 rings (SSSR count). The zero-order valence-corrected chi connectivity index (χ0v) is 32.9. The minimum absolute atomic E-state index is 0.0286. The van der Waals surface area contributed by atoms with Gasteiger partial charge in [0.2, 0.25) is 5.91 Å². The van der Waals surface area contributed by atoms with Crippen LogP contribution in [0.1, 0.15) is 25.7 Å². The van der Waals surface area contributed by atoms with Crippen LogP contribution >= 0.6 is 42.4 Å². The van der Waals surface area contributed by atoms with Crippen LogP contribution in [0.5, 0.6) is 0 Å². The van der Waals surface area contributed by atoms with Crippen LogP contribution in [-0.2, 0) is 33.4 Å². The number of halogens is 1. The quantitative estimate of drug-likeness (QED) is 0.0543. The first-order valence-corrected chi connectivity index (χ1v) is 23.3. The van der Waals surface area contributed by atoms with Gasteiger partial charge in [0.25, 0.3) is 0 Å². The van der Waals surface area contributed by atoms with Crippen LogP contribution in [0.25, 0.3) is 0 Å². The number of nitrogens with two attached hydrogens (primary N) is 1. The van der Waals surface area contributed by atoms with Crippen LogP contribution in [-0.4, -0.2) is 86.7 Å². The van der Waals surface area contributed by atoms with E-state index in [1.807, 2.05) is 18.2 Å². The molecule has 0 aliphatic rings. The summed E-state index contributed by atoms with van der Waals surface area (Å²) in [6.07, 6.45) is 2.41. The van der Waals surface area contributed by atoms with Crippen molar-refractivity contribution in [2.24, 2.45) is 5.73 Å². The molecule has 0 bridgehead atoms. The maximum atomic E-state index is 12.8. The molecule has 2 atom stereocenters. The number of hydrogen-bond acceptors (Lipinski definition) is 10. The van der Waals surface area contributed by atoms with Crippen LogP contribution in [0, 0.1) is 0 Å². The van der Waals surface area contributed by atoms with E-state index in [2.05, 4.69) is 114 Å². The van der Waals surface area contributed by atoms with E-state index in [0.717, 1.165) is 19.0 Å². The molecular formula is C36H46BrN4O7PS2. The van der Waals surface area contributed by atoms with Crippen molar-refractivity contribution in [1.82, 2.24) is 16.0 Å². The Hall–Kier alpha value is -3.42.